The minimum atomic E-state index is -4.35. The lowest BCUT2D eigenvalue weighted by Crippen LogP contribution is -2.39. The molecular weight excluding hydrogens is 600 g/mol. The van der Waals surface area contributed by atoms with E-state index >= 15 is 0 Å². The van der Waals surface area contributed by atoms with Gasteiger partial charge in [-0.05, 0) is 74.0 Å². The van der Waals surface area contributed by atoms with Crippen molar-refractivity contribution < 1.29 is 37.0 Å². The summed E-state index contributed by atoms with van der Waals surface area (Å²) in [5.41, 5.74) is 3.00. The van der Waals surface area contributed by atoms with Gasteiger partial charge < -0.3 is 24.3 Å². The van der Waals surface area contributed by atoms with Crippen LogP contribution in [0.1, 0.15) is 19.4 Å². The van der Waals surface area contributed by atoms with Crippen molar-refractivity contribution in [3.63, 3.8) is 0 Å². The summed E-state index contributed by atoms with van der Waals surface area (Å²) in [6.45, 7) is 2.93. The van der Waals surface area contributed by atoms with Crippen LogP contribution in [-0.4, -0.2) is 67.0 Å². The molecule has 3 aromatic rings. The topological polar surface area (TPSA) is 145 Å². The number of benzene rings is 3. The first-order chi connectivity index (χ1) is 20.5. The van der Waals surface area contributed by atoms with Crippen molar-refractivity contribution >= 4 is 45.3 Å². The first-order valence-electron chi connectivity index (χ1n) is 12.9. The van der Waals surface area contributed by atoms with Crippen molar-refractivity contribution in [1.29, 1.82) is 0 Å². The van der Waals surface area contributed by atoms with E-state index in [1.165, 1.54) is 63.9 Å². The molecular formula is C29H33ClN4O8S. The highest BCUT2D eigenvalue weighted by Gasteiger charge is 2.30. The second-order valence-corrected chi connectivity index (χ2v) is 11.5. The van der Waals surface area contributed by atoms with E-state index in [1.54, 1.807) is 24.3 Å². The lowest BCUT2D eigenvalue weighted by atomic mass is 10.2. The molecule has 230 valence electrons. The first kappa shape index (κ1) is 33.0. The number of nitrogens with one attached hydrogen (secondary N) is 2. The number of carbonyl (C=O) groups is 2. The summed E-state index contributed by atoms with van der Waals surface area (Å²) in [5.74, 6) is 0.196. The quantitative estimate of drug-likeness (QED) is 0.203. The monoisotopic (exact) mass is 632 g/mol. The zero-order chi connectivity index (χ0) is 31.6. The molecule has 0 saturated heterocycles. The molecule has 0 heterocycles. The van der Waals surface area contributed by atoms with Crippen LogP contribution in [0.25, 0.3) is 0 Å². The highest BCUT2D eigenvalue weighted by Crippen LogP contribution is 2.37. The fourth-order valence-electron chi connectivity index (χ4n) is 3.77. The number of hydrogen-bond donors (Lipinski definition) is 2. The van der Waals surface area contributed by atoms with Crippen molar-refractivity contribution in [2.75, 3.05) is 38.8 Å². The van der Waals surface area contributed by atoms with Gasteiger partial charge in [-0.2, -0.15) is 5.10 Å². The Bertz CT molecular complexity index is 1560. The van der Waals surface area contributed by atoms with Crippen LogP contribution in [-0.2, 0) is 19.6 Å². The minimum absolute atomic E-state index is 0.00978. The molecule has 0 aliphatic carbocycles. The predicted molar refractivity (Wildman–Crippen MR) is 163 cm³/mol. The Hall–Kier alpha value is -4.49. The summed E-state index contributed by atoms with van der Waals surface area (Å²) in [4.78, 5) is 24.6. The number of ether oxygens (including phenoxy) is 4. The molecule has 0 aliphatic rings. The molecule has 12 nitrogen and oxygen atoms in total. The summed E-state index contributed by atoms with van der Waals surface area (Å²) in [6.07, 6.45) is 1.38. The minimum Gasteiger partial charge on any atom is -0.495 e. The van der Waals surface area contributed by atoms with E-state index in [0.29, 0.717) is 17.1 Å². The van der Waals surface area contributed by atoms with Gasteiger partial charge in [0.05, 0.1) is 38.1 Å². The van der Waals surface area contributed by atoms with E-state index in [-0.39, 0.29) is 45.7 Å². The van der Waals surface area contributed by atoms with Crippen molar-refractivity contribution in [3.05, 3.63) is 71.2 Å². The van der Waals surface area contributed by atoms with Gasteiger partial charge in [0.2, 0.25) is 0 Å². The summed E-state index contributed by atoms with van der Waals surface area (Å²) in [5, 5.41) is 6.91. The van der Waals surface area contributed by atoms with Crippen LogP contribution in [0, 0.1) is 0 Å². The Morgan fingerprint density at radius 2 is 1.56 bits per heavy atom. The fraction of sp³-hybridized carbons (Fsp3) is 0.276. The summed E-state index contributed by atoms with van der Waals surface area (Å²) < 4.78 is 49.9. The van der Waals surface area contributed by atoms with E-state index in [1.807, 2.05) is 13.8 Å². The molecule has 0 radical (unpaired) electrons. The highest BCUT2D eigenvalue weighted by atomic mass is 35.5. The van der Waals surface area contributed by atoms with Crippen LogP contribution < -0.4 is 34.0 Å². The number of nitrogens with zero attached hydrogens (tertiary/aromatic N) is 2. The van der Waals surface area contributed by atoms with Gasteiger partial charge in [-0.25, -0.2) is 13.8 Å². The van der Waals surface area contributed by atoms with E-state index in [4.69, 9.17) is 30.5 Å². The molecule has 0 fully saturated rings. The molecule has 2 N–H and O–H groups in total. The Labute approximate surface area is 255 Å². The highest BCUT2D eigenvalue weighted by molar-refractivity contribution is 7.92. The molecule has 14 heteroatoms. The van der Waals surface area contributed by atoms with Crippen molar-refractivity contribution in [2.45, 2.75) is 24.8 Å². The lowest BCUT2D eigenvalue weighted by molar-refractivity contribution is -0.123. The number of methoxy groups -OCH3 is 3. The molecule has 43 heavy (non-hydrogen) atoms. The normalized spacial score (nSPS) is 11.2. The second kappa shape index (κ2) is 15.1. The third-order valence-corrected chi connectivity index (χ3v) is 7.73. The van der Waals surface area contributed by atoms with Gasteiger partial charge in [0.25, 0.3) is 21.8 Å². The van der Waals surface area contributed by atoms with Crippen LogP contribution in [0.4, 0.5) is 5.69 Å². The van der Waals surface area contributed by atoms with Gasteiger partial charge in [0.1, 0.15) is 18.0 Å². The zero-order valence-electron chi connectivity index (χ0n) is 24.3. The number of carbonyl (C=O) groups excluding carboxylic acids is 2. The SMILES string of the molecule is COc1ccc(S(=O)(=O)N(CC(=O)N/N=C/c2ccc(OCC(=O)NC(C)C)cc2)c2cc(Cl)ccc2OC)cc1OC. The molecule has 2 amide bonds. The van der Waals surface area contributed by atoms with Gasteiger partial charge in [0.15, 0.2) is 18.1 Å². The Kier molecular flexibility index (Phi) is 11.6. The number of hydrazone groups is 1. The standard InChI is InChI=1S/C29H33ClN4O8S/c1-19(2)32-29(36)18-42-22-9-6-20(7-10-22)16-31-33-28(35)17-34(24-14-21(30)8-12-25(24)39-3)43(37,38)23-11-13-26(40-4)27(15-23)41-5/h6-16,19H,17-18H2,1-5H3,(H,32,36)(H,33,35)/b31-16+. The van der Waals surface area contributed by atoms with Gasteiger partial charge in [-0.1, -0.05) is 11.6 Å². The second-order valence-electron chi connectivity index (χ2n) is 9.22. The Morgan fingerprint density at radius 1 is 0.907 bits per heavy atom. The van der Waals surface area contributed by atoms with Crippen LogP contribution in [0.2, 0.25) is 5.02 Å². The number of sulfonamides is 1. The van der Waals surface area contributed by atoms with E-state index in [0.717, 1.165) is 4.31 Å². The molecule has 0 aromatic heterocycles. The maximum absolute atomic E-state index is 13.9. The molecule has 0 atom stereocenters. The number of hydrogen-bond acceptors (Lipinski definition) is 9. The fourth-order valence-corrected chi connectivity index (χ4v) is 5.37. The Morgan fingerprint density at radius 3 is 2.19 bits per heavy atom. The third kappa shape index (κ3) is 9.00. The van der Waals surface area contributed by atoms with E-state index in [2.05, 4.69) is 15.8 Å². The van der Waals surface area contributed by atoms with Crippen LogP contribution in [0.15, 0.2) is 70.7 Å². The molecule has 3 aromatic carbocycles. The van der Waals surface area contributed by atoms with Gasteiger partial charge in [-0.15, -0.1) is 0 Å². The number of anilines is 1. The molecule has 0 aliphatic heterocycles. The molecule has 3 rings (SSSR count). The van der Waals surface area contributed by atoms with Crippen molar-refractivity contribution in [1.82, 2.24) is 10.7 Å². The van der Waals surface area contributed by atoms with Gasteiger partial charge >= 0.3 is 0 Å². The first-order valence-corrected chi connectivity index (χ1v) is 14.7. The molecule has 0 unspecified atom stereocenters. The largest absolute Gasteiger partial charge is 0.495 e. The van der Waals surface area contributed by atoms with Crippen LogP contribution in [0.3, 0.4) is 0 Å². The van der Waals surface area contributed by atoms with Gasteiger partial charge in [0, 0.05) is 17.1 Å². The molecule has 0 spiro atoms. The van der Waals surface area contributed by atoms with Crippen molar-refractivity contribution in [3.8, 4) is 23.0 Å². The van der Waals surface area contributed by atoms with E-state index < -0.39 is 22.5 Å². The maximum atomic E-state index is 13.9. The predicted octanol–water partition coefficient (Wildman–Crippen LogP) is 3.61. The summed E-state index contributed by atoms with van der Waals surface area (Å²) in [6, 6.07) is 15.1. The third-order valence-electron chi connectivity index (χ3n) is 5.74. The Balaban J connectivity index is 1.79. The number of amides is 2. The average molecular weight is 633 g/mol. The number of halogens is 1. The molecule has 0 saturated carbocycles. The number of rotatable bonds is 14. The van der Waals surface area contributed by atoms with Crippen molar-refractivity contribution in [2.24, 2.45) is 5.10 Å². The lowest BCUT2D eigenvalue weighted by Gasteiger charge is -2.25. The maximum Gasteiger partial charge on any atom is 0.265 e. The molecule has 0 bridgehead atoms. The van der Waals surface area contributed by atoms with E-state index in [9.17, 15) is 18.0 Å². The average Bonchev–Trinajstić information content (AvgIpc) is 2.98. The summed E-state index contributed by atoms with van der Waals surface area (Å²) in [7, 11) is -0.175. The van der Waals surface area contributed by atoms with Crippen LogP contribution >= 0.6 is 11.6 Å². The summed E-state index contributed by atoms with van der Waals surface area (Å²) >= 11 is 6.19. The smallest absolute Gasteiger partial charge is 0.265 e. The van der Waals surface area contributed by atoms with Gasteiger partial charge in [-0.3, -0.25) is 13.9 Å². The zero-order valence-corrected chi connectivity index (χ0v) is 25.9. The van der Waals surface area contributed by atoms with Crippen LogP contribution in [0.5, 0.6) is 23.0 Å².